The summed E-state index contributed by atoms with van der Waals surface area (Å²) in [6.07, 6.45) is 0. The second-order valence-corrected chi connectivity index (χ2v) is 3.90. The molecular weight excluding hydrogens is 343 g/mol. The predicted molar refractivity (Wildman–Crippen MR) is 47.4 cm³/mol. The average molecular weight is 346 g/mol. The molecule has 18 radical (unpaired) electrons. The molecule has 0 saturated carbocycles. The van der Waals surface area contributed by atoms with Gasteiger partial charge in [-0.1, -0.05) is 0 Å². The number of hydrogen-bond donors (Lipinski definition) is 0. The Morgan fingerprint density at radius 1 is 0.500 bits per heavy atom. The van der Waals surface area contributed by atoms with Gasteiger partial charge in [0.1, 0.15) is 0 Å². The van der Waals surface area contributed by atoms with Gasteiger partial charge >= 0.3 is 35.6 Å². The zero-order chi connectivity index (χ0) is 8.12. The van der Waals surface area contributed by atoms with Gasteiger partial charge < -0.3 is 17.0 Å². The smallest absolute Gasteiger partial charge is 0.351 e. The molecular formula is C3H3LaSi6. The quantitative estimate of drug-likeness (QED) is 0.363. The molecule has 0 amide bonds. The van der Waals surface area contributed by atoms with Crippen LogP contribution in [0.3, 0.4) is 0 Å². The van der Waals surface area contributed by atoms with Crippen LogP contribution in [0.1, 0.15) is 0 Å². The first-order chi connectivity index (χ1) is 4.24. The van der Waals surface area contributed by atoms with Crippen LogP contribution in [-0.4, -0.2) is 61.5 Å². The molecule has 0 aromatic rings. The Hall–Kier alpha value is 2.50. The van der Waals surface area contributed by atoms with E-state index in [1.54, 1.807) is 17.0 Å². The Morgan fingerprint density at radius 3 is 0.500 bits per heavy atom. The zero-order valence-electron chi connectivity index (χ0n) is 5.31. The van der Waals surface area contributed by atoms with Crippen LogP contribution in [-0.2, 0) is 0 Å². The summed E-state index contributed by atoms with van der Waals surface area (Å²) in [5, 5.41) is 0. The van der Waals surface area contributed by atoms with Gasteiger partial charge in [0.25, 0.3) is 0 Å². The molecule has 7 heteroatoms. The molecule has 0 aromatic heterocycles. The van der Waals surface area contributed by atoms with Gasteiger partial charge in [-0.05, 0) is 0 Å². The first-order valence-electron chi connectivity index (χ1n) is 1.73. The van der Waals surface area contributed by atoms with Gasteiger partial charge in [-0.3, -0.25) is 0 Å². The van der Waals surface area contributed by atoms with E-state index in [9.17, 15) is 0 Å². The second-order valence-electron chi connectivity index (χ2n) is 0.433. The molecule has 42 valence electrons. The minimum absolute atomic E-state index is 0. The van der Waals surface area contributed by atoms with Crippen LogP contribution in [0.15, 0.2) is 0 Å². The molecule has 0 heterocycles. The third-order valence-corrected chi connectivity index (χ3v) is 0. The van der Waals surface area contributed by atoms with Gasteiger partial charge in [0, 0.05) is 0 Å². The Labute approximate surface area is 113 Å². The van der Waals surface area contributed by atoms with Crippen LogP contribution in [0, 0.1) is 52.6 Å². The Bertz CT molecular complexity index is 17.7. The molecule has 0 rings (SSSR count). The molecule has 0 aromatic carbocycles. The third-order valence-electron chi connectivity index (χ3n) is 0. The second kappa shape index (κ2) is 41.9. The van der Waals surface area contributed by atoms with Gasteiger partial charge in [0.15, 0.2) is 0 Å². The molecule has 0 atom stereocenters. The normalized spacial score (nSPS) is 5.40. The van der Waals surface area contributed by atoms with Crippen LogP contribution < -0.4 is 0 Å². The van der Waals surface area contributed by atoms with E-state index in [4.69, 9.17) is 0 Å². The summed E-state index contributed by atoms with van der Waals surface area (Å²) in [5.74, 6) is 0. The SMILES string of the molecule is [La+3].[Si][CH-][Si].[Si][CH-][Si].[Si][CH-][Si]. The summed E-state index contributed by atoms with van der Waals surface area (Å²) in [6, 6.07) is 0. The van der Waals surface area contributed by atoms with Gasteiger partial charge in [-0.15, -0.1) is 0 Å². The number of rotatable bonds is 0. The van der Waals surface area contributed by atoms with E-state index in [0.29, 0.717) is 0 Å². The minimum Gasteiger partial charge on any atom is -0.351 e. The van der Waals surface area contributed by atoms with Crippen molar-refractivity contribution in [3.05, 3.63) is 17.0 Å². The molecule has 0 aliphatic rings. The van der Waals surface area contributed by atoms with Crippen molar-refractivity contribution < 1.29 is 35.6 Å². The molecule has 0 nitrogen and oxygen atoms in total. The van der Waals surface area contributed by atoms with Crippen molar-refractivity contribution in [2.24, 2.45) is 0 Å². The van der Waals surface area contributed by atoms with E-state index in [0.717, 1.165) is 0 Å². The van der Waals surface area contributed by atoms with Gasteiger partial charge in [-0.2, -0.15) is 0 Å². The van der Waals surface area contributed by atoms with E-state index in [2.05, 4.69) is 61.5 Å². The molecule has 0 fully saturated rings. The minimum atomic E-state index is 0. The van der Waals surface area contributed by atoms with Gasteiger partial charge in [-0.25, -0.2) is 61.5 Å². The van der Waals surface area contributed by atoms with Crippen LogP contribution in [0.2, 0.25) is 0 Å². The molecule has 0 spiro atoms. The van der Waals surface area contributed by atoms with Crippen molar-refractivity contribution in [3.8, 4) is 0 Å². The van der Waals surface area contributed by atoms with Crippen molar-refractivity contribution in [1.82, 2.24) is 0 Å². The van der Waals surface area contributed by atoms with Crippen molar-refractivity contribution in [2.45, 2.75) is 0 Å². The van der Waals surface area contributed by atoms with E-state index in [1.165, 1.54) is 0 Å². The third kappa shape index (κ3) is 152. The van der Waals surface area contributed by atoms with Gasteiger partial charge in [0.05, 0.1) is 0 Å². The van der Waals surface area contributed by atoms with Crippen molar-refractivity contribution in [2.75, 3.05) is 0 Å². The van der Waals surface area contributed by atoms with E-state index >= 15 is 0 Å². The molecule has 0 unspecified atom stereocenters. The summed E-state index contributed by atoms with van der Waals surface area (Å²) < 4.78 is 0. The first kappa shape index (κ1) is 22.9. The fraction of sp³-hybridized carbons (Fsp3) is 0. The maximum absolute atomic E-state index is 2.97. The van der Waals surface area contributed by atoms with Crippen LogP contribution >= 0.6 is 0 Å². The molecule has 0 aliphatic heterocycles. The summed E-state index contributed by atoms with van der Waals surface area (Å²) in [4.78, 5) is 0. The Balaban J connectivity index is -0.0000000257. The largest absolute Gasteiger partial charge is 3.00 e. The monoisotopic (exact) mass is 346 g/mol. The molecule has 0 aliphatic carbocycles. The Morgan fingerprint density at radius 2 is 0.500 bits per heavy atom. The molecule has 0 bridgehead atoms. The topological polar surface area (TPSA) is 0 Å². The summed E-state index contributed by atoms with van der Waals surface area (Å²) in [7, 11) is 17.8. The summed E-state index contributed by atoms with van der Waals surface area (Å²) in [6.45, 7) is 0. The average Bonchev–Trinajstić information content (AvgIpc) is 1.70. The van der Waals surface area contributed by atoms with Crippen LogP contribution in [0.5, 0.6) is 0 Å². The van der Waals surface area contributed by atoms with Gasteiger partial charge in [0.2, 0.25) is 0 Å². The Kier molecular flexibility index (Phi) is 95.9. The van der Waals surface area contributed by atoms with Crippen LogP contribution in [0.25, 0.3) is 0 Å². The van der Waals surface area contributed by atoms with E-state index in [1.807, 2.05) is 0 Å². The maximum atomic E-state index is 2.97. The van der Waals surface area contributed by atoms with Crippen LogP contribution in [0.4, 0.5) is 0 Å². The molecule has 0 saturated heterocycles. The maximum Gasteiger partial charge on any atom is 3.00 e. The summed E-state index contributed by atoms with van der Waals surface area (Å²) in [5.41, 5.74) is 4.83. The summed E-state index contributed by atoms with van der Waals surface area (Å²) >= 11 is 0. The standard InChI is InChI=1S/3CHSi2.La/c3*2-1-3;/h3*1H;/q3*-1;+3. The first-order valence-corrected chi connectivity index (χ1v) is 5.20. The zero-order valence-corrected chi connectivity index (χ0v) is 14.9. The fourth-order valence-electron chi connectivity index (χ4n) is 0. The fourth-order valence-corrected chi connectivity index (χ4v) is 0. The number of hydrogen-bond acceptors (Lipinski definition) is 0. The van der Waals surface area contributed by atoms with E-state index < -0.39 is 0 Å². The van der Waals surface area contributed by atoms with Crippen molar-refractivity contribution >= 4 is 61.5 Å². The molecule has 10 heavy (non-hydrogen) atoms. The van der Waals surface area contributed by atoms with Crippen molar-refractivity contribution in [1.29, 1.82) is 0 Å². The van der Waals surface area contributed by atoms with Crippen molar-refractivity contribution in [3.63, 3.8) is 0 Å². The van der Waals surface area contributed by atoms with E-state index in [-0.39, 0.29) is 35.6 Å². The predicted octanol–water partition coefficient (Wildman–Crippen LogP) is -1.67. The molecule has 0 N–H and O–H groups in total.